The van der Waals surface area contributed by atoms with Crippen LogP contribution in [0.15, 0.2) is 30.5 Å². The molecule has 2 aromatic heterocycles. The first kappa shape index (κ1) is 18.2. The molecule has 3 heterocycles. The molecule has 1 saturated carbocycles. The van der Waals surface area contributed by atoms with E-state index in [0.717, 1.165) is 43.3 Å². The molecule has 0 spiro atoms. The van der Waals surface area contributed by atoms with Gasteiger partial charge in [0.1, 0.15) is 11.6 Å². The largest absolute Gasteiger partial charge is 0.384 e. The number of anilines is 2. The van der Waals surface area contributed by atoms with Crippen LogP contribution < -0.4 is 11.1 Å². The second-order valence-corrected chi connectivity index (χ2v) is 7.90. The number of nitrogens with two attached hydrogens (primary N) is 1. The van der Waals surface area contributed by atoms with Crippen LogP contribution in [0.4, 0.5) is 11.6 Å². The first-order chi connectivity index (χ1) is 13.3. The van der Waals surface area contributed by atoms with E-state index >= 15 is 0 Å². The summed E-state index contributed by atoms with van der Waals surface area (Å²) in [5, 5.41) is 3.53. The second-order valence-electron chi connectivity index (χ2n) is 7.90. The van der Waals surface area contributed by atoms with Crippen molar-refractivity contribution < 1.29 is 4.74 Å². The highest BCUT2D eigenvalue weighted by atomic mass is 16.5. The average molecular weight is 367 g/mol. The summed E-state index contributed by atoms with van der Waals surface area (Å²) in [7, 11) is 0. The number of hydrogen-bond acceptors (Lipinski definition) is 5. The van der Waals surface area contributed by atoms with Crippen LogP contribution in [-0.4, -0.2) is 29.7 Å². The van der Waals surface area contributed by atoms with Crippen LogP contribution in [0.5, 0.6) is 0 Å². The maximum absolute atomic E-state index is 5.95. The Hall–Kier alpha value is -2.14. The Balaban J connectivity index is 1.59. The molecule has 2 aromatic rings. The van der Waals surface area contributed by atoms with Gasteiger partial charge in [0, 0.05) is 24.9 Å². The van der Waals surface area contributed by atoms with E-state index in [9.17, 15) is 0 Å². The lowest BCUT2D eigenvalue weighted by molar-refractivity contribution is 0.0595. The third-order valence-electron chi connectivity index (χ3n) is 5.85. The minimum atomic E-state index is 0.543. The number of nitrogens with one attached hydrogen (secondary N) is 1. The van der Waals surface area contributed by atoms with Crippen molar-refractivity contribution in [3.8, 4) is 11.3 Å². The monoisotopic (exact) mass is 366 g/mol. The molecule has 0 unspecified atom stereocenters. The van der Waals surface area contributed by atoms with E-state index in [1.54, 1.807) is 6.20 Å². The first-order valence-electron chi connectivity index (χ1n) is 10.3. The molecule has 3 N–H and O–H groups in total. The van der Waals surface area contributed by atoms with Crippen molar-refractivity contribution in [1.29, 1.82) is 0 Å². The highest BCUT2D eigenvalue weighted by molar-refractivity contribution is 5.68. The Morgan fingerprint density at radius 2 is 1.96 bits per heavy atom. The van der Waals surface area contributed by atoms with Gasteiger partial charge >= 0.3 is 0 Å². The van der Waals surface area contributed by atoms with E-state index < -0.39 is 0 Å². The molecule has 0 amide bonds. The normalized spacial score (nSPS) is 21.1. The molecule has 4 rings (SSSR count). The van der Waals surface area contributed by atoms with Gasteiger partial charge in [0.15, 0.2) is 0 Å². The highest BCUT2D eigenvalue weighted by Crippen LogP contribution is 2.38. The summed E-state index contributed by atoms with van der Waals surface area (Å²) in [4.78, 5) is 9.16. The van der Waals surface area contributed by atoms with Crippen LogP contribution in [0.25, 0.3) is 11.3 Å². The third-order valence-corrected chi connectivity index (χ3v) is 5.85. The topological polar surface area (TPSA) is 73.1 Å². The maximum atomic E-state index is 5.95. The zero-order valence-corrected chi connectivity index (χ0v) is 16.0. The minimum Gasteiger partial charge on any atom is -0.384 e. The summed E-state index contributed by atoms with van der Waals surface area (Å²) in [6.07, 6.45) is 10.6. The number of aromatic nitrogens is 2. The predicted molar refractivity (Wildman–Crippen MR) is 110 cm³/mol. The van der Waals surface area contributed by atoms with Gasteiger partial charge in [-0.2, -0.15) is 0 Å². The van der Waals surface area contributed by atoms with E-state index in [0.29, 0.717) is 17.7 Å². The van der Waals surface area contributed by atoms with Gasteiger partial charge in [-0.15, -0.1) is 0 Å². The van der Waals surface area contributed by atoms with Gasteiger partial charge in [0.25, 0.3) is 0 Å². The molecular formula is C22H30N4O. The van der Waals surface area contributed by atoms with Crippen LogP contribution in [0.1, 0.15) is 56.4 Å². The zero-order valence-electron chi connectivity index (χ0n) is 16.0. The van der Waals surface area contributed by atoms with E-state index in [4.69, 9.17) is 15.5 Å². The lowest BCUT2D eigenvalue weighted by atomic mass is 9.82. The Kier molecular flexibility index (Phi) is 5.87. The highest BCUT2D eigenvalue weighted by Gasteiger charge is 2.21. The first-order valence-corrected chi connectivity index (χ1v) is 10.3. The summed E-state index contributed by atoms with van der Waals surface area (Å²) in [5.41, 5.74) is 9.42. The number of pyridine rings is 2. The molecule has 1 aliphatic heterocycles. The minimum absolute atomic E-state index is 0.543. The molecule has 2 aliphatic rings. The molecule has 5 heteroatoms. The molecule has 27 heavy (non-hydrogen) atoms. The van der Waals surface area contributed by atoms with Crippen molar-refractivity contribution in [2.24, 2.45) is 5.92 Å². The van der Waals surface area contributed by atoms with Gasteiger partial charge in [-0.25, -0.2) is 9.97 Å². The number of ether oxygens (including phenoxy) is 1. The number of nitrogens with zero attached hydrogens (tertiary/aromatic N) is 2. The standard InChI is InChI=1S/C22H30N4O/c23-20-13-18(10-11-24-20)22-19(17-6-2-1-3-7-17)8-9-21(26-22)25-14-16-5-4-12-27-15-16/h8-11,13,16-17H,1-7,12,14-15H2,(H2,23,24)(H,25,26)/t16-/m1/s1. The number of nitrogen functional groups attached to an aromatic ring is 1. The SMILES string of the molecule is Nc1cc(-c2nc(NC[C@H]3CCCOC3)ccc2C2CCCCC2)ccn1. The molecule has 5 nitrogen and oxygen atoms in total. The molecule has 1 saturated heterocycles. The van der Waals surface area contributed by atoms with Gasteiger partial charge in [-0.1, -0.05) is 25.3 Å². The molecule has 1 atom stereocenters. The maximum Gasteiger partial charge on any atom is 0.126 e. The molecule has 1 aliphatic carbocycles. The second kappa shape index (κ2) is 8.70. The molecular weight excluding hydrogens is 336 g/mol. The van der Waals surface area contributed by atoms with E-state index in [1.807, 2.05) is 12.1 Å². The number of rotatable bonds is 5. The summed E-state index contributed by atoms with van der Waals surface area (Å²) in [6, 6.07) is 8.37. The van der Waals surface area contributed by atoms with Crippen LogP contribution in [0.3, 0.4) is 0 Å². The Morgan fingerprint density at radius 1 is 1.07 bits per heavy atom. The third kappa shape index (κ3) is 4.59. The van der Waals surface area contributed by atoms with Crippen LogP contribution >= 0.6 is 0 Å². The van der Waals surface area contributed by atoms with Crippen molar-refractivity contribution in [2.75, 3.05) is 30.8 Å². The van der Waals surface area contributed by atoms with Crippen molar-refractivity contribution in [1.82, 2.24) is 9.97 Å². The molecule has 0 radical (unpaired) electrons. The molecule has 0 bridgehead atoms. The fraction of sp³-hybridized carbons (Fsp3) is 0.545. The lowest BCUT2D eigenvalue weighted by Crippen LogP contribution is -2.24. The Labute approximate surface area is 161 Å². The fourth-order valence-corrected chi connectivity index (χ4v) is 4.36. The van der Waals surface area contributed by atoms with E-state index in [1.165, 1.54) is 44.1 Å². The molecule has 0 aromatic carbocycles. The summed E-state index contributed by atoms with van der Waals surface area (Å²) >= 11 is 0. The van der Waals surface area contributed by atoms with E-state index in [-0.39, 0.29) is 0 Å². The average Bonchev–Trinajstić information content (AvgIpc) is 2.73. The van der Waals surface area contributed by atoms with Crippen LogP contribution in [0, 0.1) is 5.92 Å². The summed E-state index contributed by atoms with van der Waals surface area (Å²) < 4.78 is 5.59. The summed E-state index contributed by atoms with van der Waals surface area (Å²) in [5.74, 6) is 2.64. The van der Waals surface area contributed by atoms with Gasteiger partial charge in [0.2, 0.25) is 0 Å². The zero-order chi connectivity index (χ0) is 18.5. The quantitative estimate of drug-likeness (QED) is 0.808. The van der Waals surface area contributed by atoms with Crippen LogP contribution in [-0.2, 0) is 4.74 Å². The Morgan fingerprint density at radius 3 is 2.74 bits per heavy atom. The smallest absolute Gasteiger partial charge is 0.126 e. The van der Waals surface area contributed by atoms with Crippen molar-refractivity contribution in [3.63, 3.8) is 0 Å². The number of hydrogen-bond donors (Lipinski definition) is 2. The van der Waals surface area contributed by atoms with Gasteiger partial charge < -0.3 is 15.8 Å². The van der Waals surface area contributed by atoms with Gasteiger partial charge in [-0.3, -0.25) is 0 Å². The molecule has 144 valence electrons. The van der Waals surface area contributed by atoms with Crippen LogP contribution in [0.2, 0.25) is 0 Å². The van der Waals surface area contributed by atoms with Crippen molar-refractivity contribution in [3.05, 3.63) is 36.0 Å². The van der Waals surface area contributed by atoms with Gasteiger partial charge in [-0.05, 0) is 61.3 Å². The predicted octanol–water partition coefficient (Wildman–Crippen LogP) is 4.61. The molecule has 2 fully saturated rings. The van der Waals surface area contributed by atoms with Crippen molar-refractivity contribution >= 4 is 11.6 Å². The fourth-order valence-electron chi connectivity index (χ4n) is 4.36. The lowest BCUT2D eigenvalue weighted by Gasteiger charge is -2.25. The Bertz CT molecular complexity index is 752. The van der Waals surface area contributed by atoms with Gasteiger partial charge in [0.05, 0.1) is 12.3 Å². The van der Waals surface area contributed by atoms with Crippen molar-refractivity contribution in [2.45, 2.75) is 50.9 Å². The van der Waals surface area contributed by atoms with E-state index in [2.05, 4.69) is 22.4 Å². The summed E-state index contributed by atoms with van der Waals surface area (Å²) in [6.45, 7) is 2.66.